The lowest BCUT2D eigenvalue weighted by molar-refractivity contribution is 0.487. The van der Waals surface area contributed by atoms with Gasteiger partial charge in [-0.2, -0.15) is 0 Å². The van der Waals surface area contributed by atoms with Crippen molar-refractivity contribution in [3.63, 3.8) is 0 Å². The topological polar surface area (TPSA) is 17.4 Å². The number of nitrogens with zero attached hydrogens (tertiary/aromatic N) is 2. The molecule has 390 valence electrons. The van der Waals surface area contributed by atoms with E-state index in [0.29, 0.717) is 0 Å². The summed E-state index contributed by atoms with van der Waals surface area (Å²) in [4.78, 5) is 2.63. The number of rotatable bonds is 8. The van der Waals surface area contributed by atoms with Gasteiger partial charge >= 0.3 is 0 Å². The van der Waals surface area contributed by atoms with Gasteiger partial charge in [0.25, 0.3) is 6.71 Å². The lowest BCUT2D eigenvalue weighted by Gasteiger charge is -2.42. The second kappa shape index (κ2) is 19.4. The molecular weight excluding hydrogens is 1020 g/mol. The van der Waals surface area contributed by atoms with Crippen LogP contribution in [0.4, 0.5) is 17.1 Å². The number of benzene rings is 14. The molecule has 0 N–H and O–H groups in total. The van der Waals surface area contributed by atoms with Gasteiger partial charge in [-0.25, -0.2) is 0 Å². The first-order valence-corrected chi connectivity index (χ1v) is 29.0. The van der Waals surface area contributed by atoms with Crippen molar-refractivity contribution in [3.05, 3.63) is 309 Å². The molecule has 15 aromatic rings. The SMILES string of the molecule is c1ccc(-c2ccc3c(c2)Oc2cc(-n4c5ccccc5c5ccccc54)cc4c2B3c2ccc(-c3c5ccccc5c(-c5ccccc5)c5ccccc35)cc2N4c2c(-c3ccccc3)cc(-c3ccccc3)cc2-c2ccccc2)cc1. The molecule has 0 spiro atoms. The highest BCUT2D eigenvalue weighted by molar-refractivity contribution is 6.99. The van der Waals surface area contributed by atoms with Crippen molar-refractivity contribution >= 4 is 83.5 Å². The fourth-order valence-corrected chi connectivity index (χ4v) is 14.0. The molecule has 0 radical (unpaired) electrons. The number of anilines is 3. The number of hydrogen-bond acceptors (Lipinski definition) is 2. The summed E-state index contributed by atoms with van der Waals surface area (Å²) < 4.78 is 10.00. The van der Waals surface area contributed by atoms with Crippen LogP contribution in [0.1, 0.15) is 0 Å². The maximum atomic E-state index is 7.55. The Morgan fingerprint density at radius 2 is 0.702 bits per heavy atom. The molecule has 3 heterocycles. The summed E-state index contributed by atoms with van der Waals surface area (Å²) in [5, 5.41) is 7.27. The second-order valence-corrected chi connectivity index (χ2v) is 22.2. The minimum Gasteiger partial charge on any atom is -0.458 e. The fraction of sp³-hybridized carbons (Fsp3) is 0. The summed E-state index contributed by atoms with van der Waals surface area (Å²) in [6.45, 7) is -0.186. The van der Waals surface area contributed by atoms with Gasteiger partial charge in [-0.3, -0.25) is 0 Å². The van der Waals surface area contributed by atoms with Crippen LogP contribution in [-0.2, 0) is 0 Å². The van der Waals surface area contributed by atoms with Gasteiger partial charge in [0.2, 0.25) is 0 Å². The first kappa shape index (κ1) is 47.8. The minimum atomic E-state index is -0.186. The second-order valence-electron chi connectivity index (χ2n) is 22.2. The van der Waals surface area contributed by atoms with Crippen molar-refractivity contribution in [1.29, 1.82) is 0 Å². The zero-order chi connectivity index (χ0) is 55.2. The molecule has 17 rings (SSSR count). The van der Waals surface area contributed by atoms with E-state index in [1.807, 2.05) is 0 Å². The Bertz CT molecular complexity index is 4930. The molecule has 3 nitrogen and oxygen atoms in total. The van der Waals surface area contributed by atoms with E-state index in [1.54, 1.807) is 0 Å². The van der Waals surface area contributed by atoms with Crippen molar-refractivity contribution in [1.82, 2.24) is 4.57 Å². The van der Waals surface area contributed by atoms with Crippen LogP contribution in [0.5, 0.6) is 11.5 Å². The van der Waals surface area contributed by atoms with Gasteiger partial charge < -0.3 is 14.2 Å². The molecule has 0 unspecified atom stereocenters. The molecular formula is C80H51BN2O. The Morgan fingerprint density at radius 1 is 0.274 bits per heavy atom. The van der Waals surface area contributed by atoms with Crippen LogP contribution < -0.4 is 26.0 Å². The zero-order valence-electron chi connectivity index (χ0n) is 45.8. The molecule has 0 atom stereocenters. The lowest BCUT2D eigenvalue weighted by atomic mass is 9.34. The van der Waals surface area contributed by atoms with Gasteiger partial charge in [0.05, 0.1) is 22.4 Å². The van der Waals surface area contributed by atoms with E-state index in [2.05, 4.69) is 319 Å². The molecule has 2 aliphatic heterocycles. The Balaban J connectivity index is 1.03. The van der Waals surface area contributed by atoms with Crippen LogP contribution in [0.25, 0.3) is 116 Å². The van der Waals surface area contributed by atoms with Gasteiger partial charge in [-0.1, -0.05) is 261 Å². The zero-order valence-corrected chi connectivity index (χ0v) is 45.8. The van der Waals surface area contributed by atoms with Crippen molar-refractivity contribution in [3.8, 4) is 83.9 Å². The number of aromatic nitrogens is 1. The number of ether oxygens (including phenoxy) is 1. The van der Waals surface area contributed by atoms with Crippen LogP contribution in [0.2, 0.25) is 0 Å². The maximum absolute atomic E-state index is 7.55. The predicted octanol–water partition coefficient (Wildman–Crippen LogP) is 19.5. The van der Waals surface area contributed by atoms with Crippen LogP contribution >= 0.6 is 0 Å². The van der Waals surface area contributed by atoms with E-state index in [9.17, 15) is 0 Å². The van der Waals surface area contributed by atoms with Crippen molar-refractivity contribution in [2.45, 2.75) is 0 Å². The summed E-state index contributed by atoms with van der Waals surface area (Å²) in [5.74, 6) is 1.70. The van der Waals surface area contributed by atoms with E-state index in [1.165, 1.54) is 54.5 Å². The van der Waals surface area contributed by atoms with Crippen LogP contribution in [-0.4, -0.2) is 11.3 Å². The molecule has 0 bridgehead atoms. The third kappa shape index (κ3) is 7.54. The Morgan fingerprint density at radius 3 is 1.24 bits per heavy atom. The van der Waals surface area contributed by atoms with E-state index in [4.69, 9.17) is 4.74 Å². The van der Waals surface area contributed by atoms with Gasteiger partial charge in [-0.15, -0.1) is 0 Å². The Hall–Kier alpha value is -10.9. The predicted molar refractivity (Wildman–Crippen MR) is 354 cm³/mol. The smallest absolute Gasteiger partial charge is 0.256 e. The van der Waals surface area contributed by atoms with E-state index in [-0.39, 0.29) is 6.71 Å². The summed E-state index contributed by atoms with van der Waals surface area (Å²) in [7, 11) is 0. The molecule has 0 amide bonds. The molecule has 4 heteroatoms. The van der Waals surface area contributed by atoms with Crippen molar-refractivity contribution in [2.75, 3.05) is 4.90 Å². The maximum Gasteiger partial charge on any atom is 0.256 e. The molecule has 0 saturated heterocycles. The highest BCUT2D eigenvalue weighted by Crippen LogP contribution is 2.53. The third-order valence-corrected chi connectivity index (χ3v) is 17.6. The number of para-hydroxylation sites is 2. The standard InChI is InChI=1S/C80H51BN2O/c1-6-24-52(25-7-1)57-42-45-70-75(49-57)84-76-51-60(82-71-40-22-20-34-61(71)62-35-21-23-41-72(62)82)50-74-79(76)81(70)69-44-43-58(78-65-38-18-16-36-63(65)77(56-32-14-5-15-33-56)64-37-17-19-39-66(64)78)48-73(69)83(74)80-67(54-28-10-3-11-29-54)46-59(53-26-8-2-9-27-53)47-68(80)55-30-12-4-13-31-55/h1-51H. The molecule has 1 aromatic heterocycles. The summed E-state index contributed by atoms with van der Waals surface area (Å²) in [6, 6.07) is 114. The molecule has 0 saturated carbocycles. The summed E-state index contributed by atoms with van der Waals surface area (Å²) in [6.07, 6.45) is 0. The molecule has 0 aliphatic carbocycles. The fourth-order valence-electron chi connectivity index (χ4n) is 14.0. The first-order valence-electron chi connectivity index (χ1n) is 29.0. The minimum absolute atomic E-state index is 0.186. The van der Waals surface area contributed by atoms with Crippen LogP contribution in [0.15, 0.2) is 309 Å². The molecule has 2 aliphatic rings. The Labute approximate surface area is 488 Å². The largest absolute Gasteiger partial charge is 0.458 e. The lowest BCUT2D eigenvalue weighted by Crippen LogP contribution is -2.59. The van der Waals surface area contributed by atoms with Crippen LogP contribution in [0.3, 0.4) is 0 Å². The quantitative estimate of drug-likeness (QED) is 0.111. The molecule has 84 heavy (non-hydrogen) atoms. The summed E-state index contributed by atoms with van der Waals surface area (Å²) >= 11 is 0. The first-order chi connectivity index (χ1) is 41.7. The molecule has 0 fully saturated rings. The average molecular weight is 1070 g/mol. The van der Waals surface area contributed by atoms with Gasteiger partial charge in [0.15, 0.2) is 0 Å². The van der Waals surface area contributed by atoms with Gasteiger partial charge in [-0.05, 0) is 136 Å². The Kier molecular flexibility index (Phi) is 11.0. The van der Waals surface area contributed by atoms with E-state index < -0.39 is 0 Å². The van der Waals surface area contributed by atoms with Crippen molar-refractivity contribution in [2.24, 2.45) is 0 Å². The van der Waals surface area contributed by atoms with Crippen molar-refractivity contribution < 1.29 is 4.74 Å². The number of fused-ring (bicyclic) bond motifs is 9. The average Bonchev–Trinajstić information content (AvgIpc) is 0.881. The monoisotopic (exact) mass is 1070 g/mol. The normalized spacial score (nSPS) is 12.3. The van der Waals surface area contributed by atoms with E-state index in [0.717, 1.165) is 106 Å². The van der Waals surface area contributed by atoms with Gasteiger partial charge in [0.1, 0.15) is 11.5 Å². The van der Waals surface area contributed by atoms with Gasteiger partial charge in [0, 0.05) is 39.3 Å². The molecule has 14 aromatic carbocycles. The van der Waals surface area contributed by atoms with E-state index >= 15 is 0 Å². The highest BCUT2D eigenvalue weighted by atomic mass is 16.5. The summed E-state index contributed by atoms with van der Waals surface area (Å²) in [5.41, 5.74) is 23.9. The number of hydrogen-bond donors (Lipinski definition) is 0. The third-order valence-electron chi connectivity index (χ3n) is 17.6. The van der Waals surface area contributed by atoms with Crippen LogP contribution in [0, 0.1) is 0 Å². The highest BCUT2D eigenvalue weighted by Gasteiger charge is 2.44.